The van der Waals surface area contributed by atoms with Crippen LogP contribution in [0.15, 0.2) is 12.2 Å². The van der Waals surface area contributed by atoms with Gasteiger partial charge in [-0.05, 0) is 32.1 Å². The van der Waals surface area contributed by atoms with Crippen molar-refractivity contribution in [3.63, 3.8) is 0 Å². The fourth-order valence-electron chi connectivity index (χ4n) is 2.92. The molecule has 0 saturated carbocycles. The van der Waals surface area contributed by atoms with Crippen molar-refractivity contribution in [2.45, 2.75) is 103 Å². The van der Waals surface area contributed by atoms with Gasteiger partial charge < -0.3 is 20.2 Å². The highest BCUT2D eigenvalue weighted by molar-refractivity contribution is 7.46. The fourth-order valence-corrected chi connectivity index (χ4v) is 3.28. The van der Waals surface area contributed by atoms with Gasteiger partial charge in [-0.15, -0.1) is 0 Å². The normalized spacial score (nSPS) is 13.1. The Morgan fingerprint density at radius 2 is 1.45 bits per heavy atom. The van der Waals surface area contributed by atoms with Gasteiger partial charge in [-0.1, -0.05) is 70.4 Å². The van der Waals surface area contributed by atoms with Crippen LogP contribution in [0.1, 0.15) is 96.8 Å². The molecule has 0 aromatic carbocycles. The zero-order valence-corrected chi connectivity index (χ0v) is 19.0. The van der Waals surface area contributed by atoms with Gasteiger partial charge in [-0.25, -0.2) is 4.57 Å². The van der Waals surface area contributed by atoms with Crippen LogP contribution in [0.4, 0.5) is 0 Å². The Morgan fingerprint density at radius 3 is 2.00 bits per heavy atom. The second kappa shape index (κ2) is 19.3. The summed E-state index contributed by atoms with van der Waals surface area (Å²) in [4.78, 5) is 28.7. The third-order valence-electron chi connectivity index (χ3n) is 4.64. The van der Waals surface area contributed by atoms with E-state index < -0.39 is 20.5 Å². The van der Waals surface area contributed by atoms with E-state index in [0.717, 1.165) is 19.3 Å². The highest BCUT2D eigenvalue weighted by Crippen LogP contribution is 2.35. The maximum Gasteiger partial charge on any atom is 0.469 e. The van der Waals surface area contributed by atoms with Gasteiger partial charge in [0.2, 0.25) is 5.91 Å². The number of nitrogens with one attached hydrogen (secondary N) is 1. The Morgan fingerprint density at radius 1 is 0.931 bits per heavy atom. The molecule has 0 bridgehead atoms. The third-order valence-corrected chi connectivity index (χ3v) is 5.12. The van der Waals surface area contributed by atoms with Crippen LogP contribution in [0.5, 0.6) is 0 Å². The molecule has 7 nitrogen and oxygen atoms in total. The molecular formula is C21H42NO6P. The van der Waals surface area contributed by atoms with E-state index in [1.807, 2.05) is 0 Å². The predicted molar refractivity (Wildman–Crippen MR) is 116 cm³/mol. The van der Waals surface area contributed by atoms with Crippen molar-refractivity contribution in [1.82, 2.24) is 5.32 Å². The van der Waals surface area contributed by atoms with Gasteiger partial charge in [-0.2, -0.15) is 0 Å². The van der Waals surface area contributed by atoms with Crippen molar-refractivity contribution < 1.29 is 28.8 Å². The summed E-state index contributed by atoms with van der Waals surface area (Å²) >= 11 is 0. The summed E-state index contributed by atoms with van der Waals surface area (Å²) in [5.74, 6) is -0.164. The molecule has 0 rings (SSSR count). The number of aliphatic hydroxyl groups excluding tert-OH is 1. The molecule has 1 atom stereocenters. The summed E-state index contributed by atoms with van der Waals surface area (Å²) < 4.78 is 14.7. The van der Waals surface area contributed by atoms with Crippen molar-refractivity contribution in [1.29, 1.82) is 0 Å². The van der Waals surface area contributed by atoms with Gasteiger partial charge in [0.05, 0.1) is 12.7 Å². The van der Waals surface area contributed by atoms with Crippen LogP contribution < -0.4 is 5.32 Å². The number of phosphoric acid groups is 1. The van der Waals surface area contributed by atoms with Gasteiger partial charge in [0.1, 0.15) is 0 Å². The van der Waals surface area contributed by atoms with Crippen molar-refractivity contribution in [2.75, 3.05) is 13.2 Å². The minimum Gasteiger partial charge on any atom is -0.389 e. The highest BCUT2D eigenvalue weighted by Gasteiger charge is 2.17. The molecule has 4 N–H and O–H groups in total. The molecule has 0 fully saturated rings. The van der Waals surface area contributed by atoms with E-state index in [9.17, 15) is 14.5 Å². The molecule has 1 unspecified atom stereocenters. The fraction of sp³-hybridized carbons (Fsp3) is 0.857. The van der Waals surface area contributed by atoms with Gasteiger partial charge in [0.25, 0.3) is 0 Å². The molecule has 0 heterocycles. The number of rotatable bonds is 20. The molecule has 8 heteroatoms. The molecule has 1 amide bonds. The zero-order valence-electron chi connectivity index (χ0n) is 18.1. The SMILES string of the molecule is CCCCC/C=C\CCCCCCCCCCC(=O)NCC(O)COP(=O)(O)O. The van der Waals surface area contributed by atoms with E-state index in [-0.39, 0.29) is 12.5 Å². The topological polar surface area (TPSA) is 116 Å². The Kier molecular flexibility index (Phi) is 18.8. The van der Waals surface area contributed by atoms with Crippen LogP contribution in [-0.4, -0.2) is 40.1 Å². The van der Waals surface area contributed by atoms with Crippen molar-refractivity contribution in [3.05, 3.63) is 12.2 Å². The smallest absolute Gasteiger partial charge is 0.389 e. The number of aliphatic hydroxyl groups is 1. The summed E-state index contributed by atoms with van der Waals surface area (Å²) in [6.45, 7) is 1.64. The van der Waals surface area contributed by atoms with E-state index in [1.165, 1.54) is 64.2 Å². The Balaban J connectivity index is 3.35. The second-order valence-corrected chi connectivity index (χ2v) is 8.82. The number of allylic oxidation sites excluding steroid dienone is 2. The summed E-state index contributed by atoms with van der Waals surface area (Å²) in [6, 6.07) is 0. The minimum atomic E-state index is -4.59. The molecule has 0 aliphatic carbocycles. The first-order valence-corrected chi connectivity index (χ1v) is 12.7. The molecule has 0 aliphatic heterocycles. The van der Waals surface area contributed by atoms with Crippen LogP contribution in [-0.2, 0) is 13.9 Å². The lowest BCUT2D eigenvalue weighted by molar-refractivity contribution is -0.121. The van der Waals surface area contributed by atoms with Gasteiger partial charge in [-0.3, -0.25) is 9.32 Å². The van der Waals surface area contributed by atoms with Gasteiger partial charge in [0.15, 0.2) is 0 Å². The van der Waals surface area contributed by atoms with E-state index in [2.05, 4.69) is 28.9 Å². The summed E-state index contributed by atoms with van der Waals surface area (Å²) in [5, 5.41) is 12.0. The first-order chi connectivity index (χ1) is 13.8. The quantitative estimate of drug-likeness (QED) is 0.126. The second-order valence-electron chi connectivity index (χ2n) is 7.58. The third kappa shape index (κ3) is 23.4. The summed E-state index contributed by atoms with van der Waals surface area (Å²) in [5.41, 5.74) is 0. The van der Waals surface area contributed by atoms with Gasteiger partial charge in [0, 0.05) is 13.0 Å². The molecule has 0 saturated heterocycles. The lowest BCUT2D eigenvalue weighted by Crippen LogP contribution is -2.34. The molecule has 0 aliphatic rings. The molecule has 29 heavy (non-hydrogen) atoms. The standard InChI is InChI=1S/C21H42NO6P/c1-2-3-4-5-6-7-8-9-10-11-12-13-14-15-16-17-21(24)22-18-20(23)19-28-29(25,26)27/h6-7,20,23H,2-5,8-19H2,1H3,(H,22,24)(H2,25,26,27)/b7-6-. The zero-order chi connectivity index (χ0) is 21.8. The molecule has 0 radical (unpaired) electrons. The number of amides is 1. The first kappa shape index (κ1) is 28.3. The largest absolute Gasteiger partial charge is 0.469 e. The lowest BCUT2D eigenvalue weighted by atomic mass is 10.1. The molecular weight excluding hydrogens is 393 g/mol. The van der Waals surface area contributed by atoms with Crippen LogP contribution in [0.25, 0.3) is 0 Å². The Bertz CT molecular complexity index is 466. The Labute approximate surface area is 176 Å². The summed E-state index contributed by atoms with van der Waals surface area (Å²) in [6.07, 6.45) is 19.5. The lowest BCUT2D eigenvalue weighted by Gasteiger charge is -2.12. The van der Waals surface area contributed by atoms with E-state index in [4.69, 9.17) is 9.79 Å². The minimum absolute atomic E-state index is 0.0766. The first-order valence-electron chi connectivity index (χ1n) is 11.1. The van der Waals surface area contributed by atoms with E-state index >= 15 is 0 Å². The molecule has 0 aromatic rings. The number of unbranched alkanes of at least 4 members (excludes halogenated alkanes) is 11. The summed E-state index contributed by atoms with van der Waals surface area (Å²) in [7, 11) is -4.59. The number of carbonyl (C=O) groups is 1. The van der Waals surface area contributed by atoms with Crippen LogP contribution >= 0.6 is 7.82 Å². The van der Waals surface area contributed by atoms with E-state index in [1.54, 1.807) is 0 Å². The van der Waals surface area contributed by atoms with Crippen molar-refractivity contribution >= 4 is 13.7 Å². The molecule has 0 spiro atoms. The molecule has 0 aromatic heterocycles. The monoisotopic (exact) mass is 435 g/mol. The van der Waals surface area contributed by atoms with E-state index in [0.29, 0.717) is 6.42 Å². The number of hydrogen-bond acceptors (Lipinski definition) is 4. The highest BCUT2D eigenvalue weighted by atomic mass is 31.2. The predicted octanol–water partition coefficient (Wildman–Crippen LogP) is 4.61. The molecule has 172 valence electrons. The number of hydrogen-bond donors (Lipinski definition) is 4. The average molecular weight is 436 g/mol. The van der Waals surface area contributed by atoms with Crippen LogP contribution in [0, 0.1) is 0 Å². The number of carbonyl (C=O) groups excluding carboxylic acids is 1. The van der Waals surface area contributed by atoms with Crippen LogP contribution in [0.3, 0.4) is 0 Å². The Hall–Kier alpha value is -0.720. The maximum atomic E-state index is 11.7. The van der Waals surface area contributed by atoms with Crippen molar-refractivity contribution in [3.8, 4) is 0 Å². The average Bonchev–Trinajstić information content (AvgIpc) is 2.67. The van der Waals surface area contributed by atoms with Crippen LogP contribution in [0.2, 0.25) is 0 Å². The maximum absolute atomic E-state index is 11.7. The number of phosphoric ester groups is 1. The van der Waals surface area contributed by atoms with Gasteiger partial charge >= 0.3 is 7.82 Å². The van der Waals surface area contributed by atoms with Crippen molar-refractivity contribution in [2.24, 2.45) is 0 Å².